The first-order chi connectivity index (χ1) is 13.1. The van der Waals surface area contributed by atoms with Crippen LogP contribution in [0.4, 0.5) is 10.5 Å². The number of rotatable bonds is 8. The Kier molecular flexibility index (Phi) is 5.72. The van der Waals surface area contributed by atoms with Gasteiger partial charge in [-0.25, -0.2) is 0 Å². The van der Waals surface area contributed by atoms with Gasteiger partial charge in [0.25, 0.3) is 0 Å². The molecule has 1 rings (SSSR count). The molecule has 0 radical (unpaired) electrons. The van der Waals surface area contributed by atoms with E-state index in [2.05, 4.69) is 11.3 Å². The topological polar surface area (TPSA) is 46.2 Å². The Morgan fingerprint density at radius 2 is 0.903 bits per heavy atom. The van der Waals surface area contributed by atoms with E-state index in [1.165, 1.54) is 19.2 Å². The first-order valence-electron chi connectivity index (χ1n) is 10.2. The summed E-state index contributed by atoms with van der Waals surface area (Å²) in [6, 6.07) is 5.87. The molecule has 0 aliphatic rings. The first-order valence-corrected chi connectivity index (χ1v) is 17.9. The zero-order chi connectivity index (χ0) is 24.8. The molecule has 0 fully saturated rings. The van der Waals surface area contributed by atoms with Gasteiger partial charge in [-0.1, -0.05) is 0 Å². The van der Waals surface area contributed by atoms with E-state index in [9.17, 15) is 0 Å². The van der Waals surface area contributed by atoms with Crippen LogP contribution in [-0.4, -0.2) is 23.9 Å². The molecule has 184 valence electrons. The Morgan fingerprint density at radius 3 is 1.16 bits per heavy atom. The molecule has 0 aromatic heterocycles. The Bertz CT molecular complexity index is 801. The molecule has 0 spiro atoms. The van der Waals surface area contributed by atoms with Gasteiger partial charge >= 0.3 is 180 Å². The molecule has 0 aliphatic heterocycles. The van der Waals surface area contributed by atoms with Gasteiger partial charge in [0.2, 0.25) is 0 Å². The van der Waals surface area contributed by atoms with Crippen LogP contribution >= 0.6 is 0 Å². The zero-order valence-corrected chi connectivity index (χ0v) is 22.7. The molecule has 0 aliphatic carbocycles. The van der Waals surface area contributed by atoms with Crippen molar-refractivity contribution in [3.63, 3.8) is 0 Å². The molecule has 0 saturated carbocycles. The molecule has 10 heteroatoms. The monoisotopic (exact) mass is 536 g/mol. The van der Waals surface area contributed by atoms with Crippen LogP contribution in [0.15, 0.2) is 24.3 Å². The number of hydrogen-bond acceptors (Lipinski definition) is 5. The number of hydrogen-bond donors (Lipinski definition) is 0. The van der Waals surface area contributed by atoms with Gasteiger partial charge in [0.05, 0.1) is 0 Å². The number of ether oxygens (including phenoxy) is 1. The normalized spacial score (nSPS) is 19.2. The average molecular weight is 538 g/mol. The molecule has 0 heterocycles. The summed E-state index contributed by atoms with van der Waals surface area (Å²) < 4.78 is 90.2. The molecule has 0 unspecified atom stereocenters. The van der Waals surface area contributed by atoms with Crippen molar-refractivity contribution < 1.29 is 45.0 Å². The third kappa shape index (κ3) is 8.16. The van der Waals surface area contributed by atoms with Gasteiger partial charge in [-0.05, 0) is 0 Å². The van der Waals surface area contributed by atoms with Crippen molar-refractivity contribution in [3.8, 4) is 0 Å². The van der Waals surface area contributed by atoms with E-state index in [1.807, 2.05) is 0 Å². The van der Waals surface area contributed by atoms with Crippen LogP contribution in [-0.2, 0) is 47.7 Å². The third-order valence-electron chi connectivity index (χ3n) is 3.72. The number of benzene rings is 1. The SMILES string of the molecule is COCc1ccc(C[O][Zr]([F])([F])([F])([F])([O]C(C)(C)C)([O]C(C)(C)C)[O]C(C)(C)C)cc1. The predicted molar refractivity (Wildman–Crippen MR) is 109 cm³/mol. The van der Waals surface area contributed by atoms with Crippen molar-refractivity contribution in [2.45, 2.75) is 92.3 Å². The van der Waals surface area contributed by atoms with E-state index < -0.39 is 41.9 Å². The van der Waals surface area contributed by atoms with Crippen molar-refractivity contribution in [3.05, 3.63) is 35.4 Å². The van der Waals surface area contributed by atoms with E-state index in [4.69, 9.17) is 4.74 Å². The van der Waals surface area contributed by atoms with Gasteiger partial charge < -0.3 is 0 Å². The summed E-state index contributed by atoms with van der Waals surface area (Å²) in [6.07, 6.45) is 0. The minimum absolute atomic E-state index is 0.0443. The zero-order valence-electron chi connectivity index (χ0n) is 20.3. The summed E-state index contributed by atoms with van der Waals surface area (Å²) in [4.78, 5) is 0. The quantitative estimate of drug-likeness (QED) is 0.326. The Labute approximate surface area is 179 Å². The summed E-state index contributed by atoms with van der Waals surface area (Å²) in [5, 5.41) is 0. The predicted octanol–water partition coefficient (Wildman–Crippen LogP) is 7.29. The summed E-state index contributed by atoms with van der Waals surface area (Å²) in [6.45, 7) is 8.53. The van der Waals surface area contributed by atoms with Gasteiger partial charge in [0.1, 0.15) is 0 Å². The van der Waals surface area contributed by atoms with Gasteiger partial charge in [0.15, 0.2) is 0 Å². The van der Waals surface area contributed by atoms with Crippen LogP contribution in [0.3, 0.4) is 0 Å². The second-order valence-electron chi connectivity index (χ2n) is 11.3. The second kappa shape index (κ2) is 6.19. The van der Waals surface area contributed by atoms with E-state index in [0.717, 1.165) is 67.9 Å². The van der Waals surface area contributed by atoms with Crippen molar-refractivity contribution in [1.82, 2.24) is 0 Å². The molecule has 0 amide bonds. The van der Waals surface area contributed by atoms with Gasteiger partial charge in [-0.15, -0.1) is 0 Å². The van der Waals surface area contributed by atoms with E-state index in [0.29, 0.717) is 0 Å². The fourth-order valence-electron chi connectivity index (χ4n) is 3.84. The molecule has 1 aromatic carbocycles. The average Bonchev–Trinajstić information content (AvgIpc) is 2.39. The number of methoxy groups -OCH3 is 1. The van der Waals surface area contributed by atoms with E-state index in [-0.39, 0.29) is 12.2 Å². The fourth-order valence-corrected chi connectivity index (χ4v) is 18.3. The molecule has 0 N–H and O–H groups in total. The second-order valence-corrected chi connectivity index (χ2v) is 24.2. The minimum atomic E-state index is -12.8. The fraction of sp³-hybridized carbons (Fsp3) is 0.714. The standard InChI is InChI=1S/C9H11O2.3C4H9O.4FH.Zr/c1-11-7-9-4-2-8(6-10)3-5-9;3*1-4(2,3)5;;;;;/h2-5H,6-7H2,1H3;3*1-3H3;4*1H;/q4*-1;;;;;+8/p-4. The van der Waals surface area contributed by atoms with Crippen LogP contribution in [0, 0.1) is 0 Å². The molecule has 1 aromatic rings. The Hall–Kier alpha value is -0.377. The van der Waals surface area contributed by atoms with Crippen molar-refractivity contribution in [2.24, 2.45) is 0 Å². The maximum atomic E-state index is 16.9. The molecule has 0 saturated heterocycles. The van der Waals surface area contributed by atoms with Gasteiger partial charge in [-0.3, -0.25) is 0 Å². The molecule has 5 nitrogen and oxygen atoms in total. The molecule has 0 bridgehead atoms. The van der Waals surface area contributed by atoms with E-state index in [1.54, 1.807) is 12.1 Å². The summed E-state index contributed by atoms with van der Waals surface area (Å²) in [7, 11) is 1.50. The molecule has 0 atom stereocenters. The first kappa shape index (κ1) is 28.7. The number of halogens is 4. The third-order valence-corrected chi connectivity index (χ3v) is 14.7. The van der Waals surface area contributed by atoms with Crippen LogP contribution in [0.5, 0.6) is 0 Å². The van der Waals surface area contributed by atoms with Crippen molar-refractivity contribution >= 4 is 0 Å². The summed E-state index contributed by atoms with van der Waals surface area (Å²) >= 11 is -12.8. The van der Waals surface area contributed by atoms with E-state index >= 15 is 10.5 Å². The van der Waals surface area contributed by atoms with Crippen LogP contribution in [0.2, 0.25) is 0 Å². The molecule has 31 heavy (non-hydrogen) atoms. The summed E-state index contributed by atoms with van der Waals surface area (Å²) in [5.74, 6) is 0. The van der Waals surface area contributed by atoms with Crippen LogP contribution in [0.1, 0.15) is 73.4 Å². The molecular weight excluding hydrogens is 499 g/mol. The Balaban J connectivity index is 3.79. The molecular formula is C21H38F4O5Zr. The summed E-state index contributed by atoms with van der Waals surface area (Å²) in [5.41, 5.74) is -5.52. The van der Waals surface area contributed by atoms with Gasteiger partial charge in [0, 0.05) is 0 Å². The maximum absolute atomic E-state index is 16.9. The Morgan fingerprint density at radius 1 is 0.613 bits per heavy atom. The van der Waals surface area contributed by atoms with Crippen molar-refractivity contribution in [1.29, 1.82) is 0 Å². The van der Waals surface area contributed by atoms with Crippen molar-refractivity contribution in [2.75, 3.05) is 7.11 Å². The van der Waals surface area contributed by atoms with Crippen LogP contribution in [0.25, 0.3) is 0 Å². The van der Waals surface area contributed by atoms with Gasteiger partial charge in [-0.2, -0.15) is 0 Å². The van der Waals surface area contributed by atoms with Crippen LogP contribution < -0.4 is 0 Å².